The van der Waals surface area contributed by atoms with Crippen molar-refractivity contribution in [2.45, 2.75) is 31.0 Å². The van der Waals surface area contributed by atoms with Crippen molar-refractivity contribution in [2.24, 2.45) is 0 Å². The molecule has 0 saturated carbocycles. The molecule has 45 heavy (non-hydrogen) atoms. The van der Waals surface area contributed by atoms with E-state index >= 15 is 0 Å². The van der Waals surface area contributed by atoms with Crippen molar-refractivity contribution < 1.29 is 9.13 Å². The number of ether oxygens (including phenoxy) is 1. The van der Waals surface area contributed by atoms with E-state index in [1.807, 2.05) is 29.1 Å². The predicted molar refractivity (Wildman–Crippen MR) is 170 cm³/mol. The molecule has 2 aliphatic heterocycles. The molecule has 0 aliphatic carbocycles. The summed E-state index contributed by atoms with van der Waals surface area (Å²) in [5, 5.41) is 26.8. The molecule has 13 heteroatoms. The second-order valence-corrected chi connectivity index (χ2v) is 12.0. The highest BCUT2D eigenvalue weighted by molar-refractivity contribution is 6.36. The lowest BCUT2D eigenvalue weighted by molar-refractivity contribution is -0.0734. The van der Waals surface area contributed by atoms with E-state index in [2.05, 4.69) is 41.9 Å². The molecular formula is C32H28Cl2FN9O. The highest BCUT2D eigenvalue weighted by Crippen LogP contribution is 2.37. The van der Waals surface area contributed by atoms with Crippen LogP contribution in [0.3, 0.4) is 0 Å². The second kappa shape index (κ2) is 12.6. The number of rotatable bonds is 8. The van der Waals surface area contributed by atoms with Gasteiger partial charge in [0.1, 0.15) is 17.6 Å². The molecule has 3 aromatic heterocycles. The highest BCUT2D eigenvalue weighted by atomic mass is 35.5. The summed E-state index contributed by atoms with van der Waals surface area (Å²) < 4.78 is 21.2. The minimum absolute atomic E-state index is 0.0388. The van der Waals surface area contributed by atoms with E-state index in [9.17, 15) is 9.65 Å². The Balaban J connectivity index is 1.21. The predicted octanol–water partition coefficient (Wildman–Crippen LogP) is 6.52. The molecule has 2 aromatic carbocycles. The van der Waals surface area contributed by atoms with Crippen LogP contribution in [0.25, 0.3) is 10.9 Å². The summed E-state index contributed by atoms with van der Waals surface area (Å²) in [6, 6.07) is 14.4. The van der Waals surface area contributed by atoms with Crippen LogP contribution in [0.4, 0.5) is 21.5 Å². The van der Waals surface area contributed by atoms with Gasteiger partial charge in [-0.1, -0.05) is 34.5 Å². The van der Waals surface area contributed by atoms with Gasteiger partial charge in [-0.15, -0.1) is 5.10 Å². The fourth-order valence-corrected chi connectivity index (χ4v) is 6.32. The van der Waals surface area contributed by atoms with Gasteiger partial charge in [0.05, 0.1) is 64.3 Å². The summed E-state index contributed by atoms with van der Waals surface area (Å²) in [6.45, 7) is 3.66. The third-order valence-electron chi connectivity index (χ3n) is 8.40. The van der Waals surface area contributed by atoms with Gasteiger partial charge in [-0.25, -0.2) is 9.07 Å². The van der Waals surface area contributed by atoms with E-state index in [0.717, 1.165) is 50.4 Å². The van der Waals surface area contributed by atoms with Crippen LogP contribution in [0.5, 0.6) is 0 Å². The number of hydrogen-bond acceptors (Lipinski definition) is 9. The number of halogens is 3. The first-order chi connectivity index (χ1) is 22.0. The lowest BCUT2D eigenvalue weighted by Gasteiger charge is -2.41. The Labute approximate surface area is 268 Å². The molecule has 0 spiro atoms. The molecule has 2 aliphatic rings. The summed E-state index contributed by atoms with van der Waals surface area (Å²) in [5.41, 5.74) is 4.07. The third kappa shape index (κ3) is 6.02. The zero-order chi connectivity index (χ0) is 30.9. The zero-order valence-corrected chi connectivity index (χ0v) is 25.5. The molecule has 2 N–H and O–H groups in total. The zero-order valence-electron chi connectivity index (χ0n) is 24.0. The van der Waals surface area contributed by atoms with Crippen LogP contribution in [0, 0.1) is 17.1 Å². The second-order valence-electron chi connectivity index (χ2n) is 11.2. The number of hydrogen-bond donors (Lipinski definition) is 2. The molecular weight excluding hydrogens is 616 g/mol. The minimum atomic E-state index is -0.538. The molecule has 10 nitrogen and oxygen atoms in total. The molecule has 1 atom stereocenters. The Kier molecular flexibility index (Phi) is 8.21. The molecule has 5 aromatic rings. The summed E-state index contributed by atoms with van der Waals surface area (Å²) in [6.07, 6.45) is 8.96. The normalized spacial score (nSPS) is 16.7. The van der Waals surface area contributed by atoms with E-state index in [-0.39, 0.29) is 11.1 Å². The first-order valence-electron chi connectivity index (χ1n) is 14.6. The number of fused-ring (bicyclic) bond motifs is 1. The fraction of sp³-hybridized carbons (Fsp3) is 0.281. The Bertz CT molecular complexity index is 1890. The largest absolute Gasteiger partial charge is 0.378 e. The standard InChI is InChI=1S/C32H28Cl2FN9O/c33-26-11-21(3-4-28(26)35)39-30-20(13-36)15-38-32-25(30)10-22(12-27(32)34)40-31(19-2-1-7-37-14-19)29-16-44(42-41-29)23-5-8-43(9-6-23)24-17-45-18-24/h1-4,7,10-12,14-16,23-24,31,40H,5-6,8-9,17-18H2,(H,38,39)/t31-/m0/s1. The number of piperidine rings is 1. The highest BCUT2D eigenvalue weighted by Gasteiger charge is 2.31. The van der Waals surface area contributed by atoms with Gasteiger partial charge in [0.2, 0.25) is 0 Å². The van der Waals surface area contributed by atoms with Gasteiger partial charge in [0.15, 0.2) is 0 Å². The first kappa shape index (κ1) is 29.4. The van der Waals surface area contributed by atoms with Crippen LogP contribution in [-0.4, -0.2) is 62.2 Å². The average molecular weight is 645 g/mol. The summed E-state index contributed by atoms with van der Waals surface area (Å²) in [7, 11) is 0. The van der Waals surface area contributed by atoms with Crippen LogP contribution in [0.2, 0.25) is 10.0 Å². The van der Waals surface area contributed by atoms with Crippen molar-refractivity contribution >= 4 is 51.2 Å². The molecule has 7 rings (SSSR count). The van der Waals surface area contributed by atoms with Gasteiger partial charge < -0.3 is 15.4 Å². The van der Waals surface area contributed by atoms with Gasteiger partial charge in [0, 0.05) is 48.4 Å². The number of nitrogens with one attached hydrogen (secondary N) is 2. The summed E-state index contributed by atoms with van der Waals surface area (Å²) >= 11 is 12.8. The molecule has 2 saturated heterocycles. The van der Waals surface area contributed by atoms with Gasteiger partial charge in [-0.05, 0) is 54.8 Å². The molecule has 0 bridgehead atoms. The summed E-state index contributed by atoms with van der Waals surface area (Å²) in [5.74, 6) is -0.538. The van der Waals surface area contributed by atoms with Crippen LogP contribution in [-0.2, 0) is 4.74 Å². The van der Waals surface area contributed by atoms with Crippen LogP contribution in [0.1, 0.15) is 41.7 Å². The van der Waals surface area contributed by atoms with Crippen molar-refractivity contribution in [1.82, 2.24) is 29.9 Å². The quantitative estimate of drug-likeness (QED) is 0.195. The van der Waals surface area contributed by atoms with Crippen LogP contribution in [0.15, 0.2) is 67.3 Å². The Morgan fingerprint density at radius 3 is 2.56 bits per heavy atom. The topological polar surface area (TPSA) is 117 Å². The van der Waals surface area contributed by atoms with Crippen molar-refractivity contribution in [3.63, 3.8) is 0 Å². The van der Waals surface area contributed by atoms with E-state index in [0.29, 0.717) is 44.6 Å². The number of nitriles is 1. The lowest BCUT2D eigenvalue weighted by Crippen LogP contribution is -2.51. The van der Waals surface area contributed by atoms with Gasteiger partial charge in [-0.3, -0.25) is 14.9 Å². The third-order valence-corrected chi connectivity index (χ3v) is 8.97. The number of pyridine rings is 2. The maximum Gasteiger partial charge on any atom is 0.141 e. The minimum Gasteiger partial charge on any atom is -0.378 e. The van der Waals surface area contributed by atoms with Crippen molar-refractivity contribution in [3.05, 3.63) is 99.9 Å². The molecule has 0 unspecified atom stereocenters. The number of likely N-dealkylation sites (tertiary alicyclic amines) is 1. The maximum atomic E-state index is 13.8. The number of nitrogens with zero attached hydrogens (tertiary/aromatic N) is 7. The van der Waals surface area contributed by atoms with E-state index < -0.39 is 11.9 Å². The Morgan fingerprint density at radius 1 is 1.02 bits per heavy atom. The van der Waals surface area contributed by atoms with Gasteiger partial charge in [-0.2, -0.15) is 5.26 Å². The Morgan fingerprint density at radius 2 is 1.84 bits per heavy atom. The van der Waals surface area contributed by atoms with Crippen molar-refractivity contribution in [3.8, 4) is 6.07 Å². The van der Waals surface area contributed by atoms with E-state index in [1.165, 1.54) is 18.3 Å². The fourth-order valence-electron chi connectivity index (χ4n) is 5.87. The van der Waals surface area contributed by atoms with Crippen molar-refractivity contribution in [2.75, 3.05) is 36.9 Å². The number of aromatic nitrogens is 5. The van der Waals surface area contributed by atoms with Crippen molar-refractivity contribution in [1.29, 1.82) is 5.26 Å². The summed E-state index contributed by atoms with van der Waals surface area (Å²) in [4.78, 5) is 11.3. The molecule has 0 radical (unpaired) electrons. The maximum absolute atomic E-state index is 13.8. The molecule has 0 amide bonds. The Hall–Kier alpha value is -4.34. The first-order valence-corrected chi connectivity index (χ1v) is 15.4. The van der Waals surface area contributed by atoms with Gasteiger partial charge >= 0.3 is 0 Å². The van der Waals surface area contributed by atoms with E-state index in [1.54, 1.807) is 24.5 Å². The number of benzene rings is 2. The molecule has 2 fully saturated rings. The van der Waals surface area contributed by atoms with Crippen LogP contribution >= 0.6 is 23.2 Å². The van der Waals surface area contributed by atoms with E-state index in [4.69, 9.17) is 27.9 Å². The monoisotopic (exact) mass is 643 g/mol. The average Bonchev–Trinajstić information content (AvgIpc) is 3.52. The van der Waals surface area contributed by atoms with Crippen LogP contribution < -0.4 is 10.6 Å². The van der Waals surface area contributed by atoms with Gasteiger partial charge in [0.25, 0.3) is 0 Å². The SMILES string of the molecule is N#Cc1cnc2c(Cl)cc(N[C@@H](c3cccnc3)c3cn(C4CCN(C5COC5)CC4)nn3)cc2c1Nc1ccc(F)c(Cl)c1. The molecule has 228 valence electrons. The smallest absolute Gasteiger partial charge is 0.141 e. The molecule has 5 heterocycles. The number of anilines is 3. The lowest BCUT2D eigenvalue weighted by atomic mass is 10.0.